The summed E-state index contributed by atoms with van der Waals surface area (Å²) < 4.78 is 11.0. The lowest BCUT2D eigenvalue weighted by Gasteiger charge is -2.31. The molecular weight excluding hydrogens is 224 g/mol. The van der Waals surface area contributed by atoms with Crippen molar-refractivity contribution < 1.29 is 19.1 Å². The van der Waals surface area contributed by atoms with Crippen LogP contribution in [0.3, 0.4) is 0 Å². The van der Waals surface area contributed by atoms with Crippen LogP contribution in [0.4, 0.5) is 4.79 Å². The third-order valence-corrected chi connectivity index (χ3v) is 2.39. The van der Waals surface area contributed by atoms with E-state index in [0.717, 1.165) is 0 Å². The highest BCUT2D eigenvalue weighted by molar-refractivity contribution is 5.69. The van der Waals surface area contributed by atoms with Crippen LogP contribution in [0.2, 0.25) is 0 Å². The Morgan fingerprint density at radius 1 is 1.53 bits per heavy atom. The van der Waals surface area contributed by atoms with E-state index in [9.17, 15) is 4.79 Å². The number of rotatable bonds is 2. The molecule has 0 aliphatic carbocycles. The van der Waals surface area contributed by atoms with Gasteiger partial charge in [0.05, 0.1) is 13.2 Å². The van der Waals surface area contributed by atoms with Gasteiger partial charge in [0, 0.05) is 0 Å². The molecule has 2 N–H and O–H groups in total. The molecule has 1 rings (SSSR count). The zero-order valence-electron chi connectivity index (χ0n) is 11.1. The molecule has 1 atom stereocenters. The van der Waals surface area contributed by atoms with E-state index in [1.54, 1.807) is 4.90 Å². The minimum absolute atomic E-state index is 0.220. The van der Waals surface area contributed by atoms with E-state index in [0.29, 0.717) is 6.54 Å². The van der Waals surface area contributed by atoms with Gasteiger partial charge in [0.2, 0.25) is 0 Å². The average molecular weight is 246 g/mol. The first-order valence-corrected chi connectivity index (χ1v) is 5.66. The summed E-state index contributed by atoms with van der Waals surface area (Å²) >= 11 is 0. The van der Waals surface area contributed by atoms with Crippen molar-refractivity contribution in [3.05, 3.63) is 0 Å². The molecule has 100 valence electrons. The number of hydrogen-bond donors (Lipinski definition) is 1. The Labute approximate surface area is 102 Å². The van der Waals surface area contributed by atoms with E-state index in [4.69, 9.17) is 15.4 Å². The second kappa shape index (κ2) is 4.80. The molecule has 0 aromatic heterocycles. The molecule has 0 unspecified atom stereocenters. The van der Waals surface area contributed by atoms with Crippen LogP contribution in [0, 0.1) is 0 Å². The van der Waals surface area contributed by atoms with E-state index >= 15 is 0 Å². The van der Waals surface area contributed by atoms with Crippen molar-refractivity contribution in [2.45, 2.75) is 52.0 Å². The van der Waals surface area contributed by atoms with Crippen LogP contribution in [0.25, 0.3) is 0 Å². The third-order valence-electron chi connectivity index (χ3n) is 2.39. The topological polar surface area (TPSA) is 74.0 Å². The summed E-state index contributed by atoms with van der Waals surface area (Å²) in [6.07, 6.45) is -0.607. The lowest BCUT2D eigenvalue weighted by molar-refractivity contribution is -0.0929. The summed E-state index contributed by atoms with van der Waals surface area (Å²) in [6, 6.07) is 0. The van der Waals surface area contributed by atoms with Crippen LogP contribution in [-0.4, -0.2) is 41.6 Å². The molecular formula is C11H22N2O4. The maximum atomic E-state index is 12.0. The highest BCUT2D eigenvalue weighted by Crippen LogP contribution is 2.28. The van der Waals surface area contributed by atoms with Gasteiger partial charge in [-0.3, -0.25) is 4.90 Å². The van der Waals surface area contributed by atoms with Crippen molar-refractivity contribution in [1.82, 2.24) is 4.90 Å². The number of hydrogen-bond acceptors (Lipinski definition) is 5. The van der Waals surface area contributed by atoms with Gasteiger partial charge in [-0.05, 0) is 34.6 Å². The van der Waals surface area contributed by atoms with E-state index in [1.165, 1.54) is 0 Å². The fourth-order valence-corrected chi connectivity index (χ4v) is 1.74. The average Bonchev–Trinajstić information content (AvgIpc) is 2.38. The van der Waals surface area contributed by atoms with E-state index in [1.807, 2.05) is 34.6 Å². The third kappa shape index (κ3) is 3.83. The number of ether oxygens (including phenoxy) is 2. The van der Waals surface area contributed by atoms with Crippen molar-refractivity contribution in [3.8, 4) is 0 Å². The minimum Gasteiger partial charge on any atom is -0.444 e. The normalized spacial score (nSPS) is 23.9. The van der Waals surface area contributed by atoms with Gasteiger partial charge < -0.3 is 14.3 Å². The van der Waals surface area contributed by atoms with Crippen LogP contribution >= 0.6 is 0 Å². The van der Waals surface area contributed by atoms with Gasteiger partial charge in [-0.2, -0.15) is 0 Å². The molecule has 1 amide bonds. The van der Waals surface area contributed by atoms with Crippen LogP contribution in [0.15, 0.2) is 0 Å². The fraction of sp³-hybridized carbons (Fsp3) is 0.909. The molecule has 0 bridgehead atoms. The highest BCUT2D eigenvalue weighted by atomic mass is 16.6. The van der Waals surface area contributed by atoms with Crippen molar-refractivity contribution in [2.75, 3.05) is 13.2 Å². The zero-order valence-corrected chi connectivity index (χ0v) is 11.1. The highest BCUT2D eigenvalue weighted by Gasteiger charge is 2.44. The van der Waals surface area contributed by atoms with Crippen molar-refractivity contribution in [1.29, 1.82) is 0 Å². The van der Waals surface area contributed by atoms with E-state index in [2.05, 4.69) is 4.84 Å². The number of nitrogens with zero attached hydrogens (tertiary/aromatic N) is 1. The first-order chi connectivity index (χ1) is 7.65. The summed E-state index contributed by atoms with van der Waals surface area (Å²) in [5.41, 5.74) is -1.22. The molecule has 6 heteroatoms. The second-order valence-corrected chi connectivity index (χ2v) is 5.61. The molecule has 0 aromatic carbocycles. The van der Waals surface area contributed by atoms with Gasteiger partial charge in [0.25, 0.3) is 0 Å². The van der Waals surface area contributed by atoms with E-state index in [-0.39, 0.29) is 18.8 Å². The maximum absolute atomic E-state index is 12.0. The van der Waals surface area contributed by atoms with Crippen molar-refractivity contribution >= 4 is 6.09 Å². The number of carbonyl (C=O) groups is 1. The summed E-state index contributed by atoms with van der Waals surface area (Å²) in [7, 11) is 0. The Bertz CT molecular complexity index is 286. The number of amides is 1. The standard InChI is InChI=1S/C11H22N2O4/c1-10(2,3)17-9(14)13-6-8(7-15-12)16-11(13,4)5/h8H,6-7,12H2,1-5H3/t8-/m0/s1. The van der Waals surface area contributed by atoms with Crippen molar-refractivity contribution in [3.63, 3.8) is 0 Å². The van der Waals surface area contributed by atoms with Crippen LogP contribution < -0.4 is 5.90 Å². The fourth-order valence-electron chi connectivity index (χ4n) is 1.74. The molecule has 0 spiro atoms. The van der Waals surface area contributed by atoms with Crippen LogP contribution in [-0.2, 0) is 14.3 Å². The van der Waals surface area contributed by atoms with Gasteiger partial charge in [0.15, 0.2) is 0 Å². The quantitative estimate of drug-likeness (QED) is 0.742. The Morgan fingerprint density at radius 3 is 2.59 bits per heavy atom. The molecule has 17 heavy (non-hydrogen) atoms. The zero-order chi connectivity index (χ0) is 13.3. The Balaban J connectivity index is 2.67. The molecule has 0 aromatic rings. The minimum atomic E-state index is -0.703. The molecule has 1 aliphatic rings. The predicted molar refractivity (Wildman–Crippen MR) is 62.0 cm³/mol. The lowest BCUT2D eigenvalue weighted by Crippen LogP contribution is -2.46. The Morgan fingerprint density at radius 2 is 2.12 bits per heavy atom. The summed E-state index contributed by atoms with van der Waals surface area (Å²) in [4.78, 5) is 18.1. The molecule has 1 aliphatic heterocycles. The first-order valence-electron chi connectivity index (χ1n) is 5.66. The second-order valence-electron chi connectivity index (χ2n) is 5.61. The largest absolute Gasteiger partial charge is 0.444 e. The molecule has 1 saturated heterocycles. The molecule has 1 fully saturated rings. The summed E-state index contributed by atoms with van der Waals surface area (Å²) in [6.45, 7) is 9.78. The predicted octanol–water partition coefficient (Wildman–Crippen LogP) is 1.25. The number of nitrogens with two attached hydrogens (primary N) is 1. The maximum Gasteiger partial charge on any atom is 0.412 e. The van der Waals surface area contributed by atoms with Gasteiger partial charge in [-0.1, -0.05) is 0 Å². The molecule has 6 nitrogen and oxygen atoms in total. The monoisotopic (exact) mass is 246 g/mol. The molecule has 0 saturated carbocycles. The molecule has 1 heterocycles. The van der Waals surface area contributed by atoms with Gasteiger partial charge in [-0.25, -0.2) is 10.7 Å². The first kappa shape index (κ1) is 14.2. The Hall–Kier alpha value is -0.850. The van der Waals surface area contributed by atoms with Gasteiger partial charge in [0.1, 0.15) is 17.4 Å². The number of carbonyl (C=O) groups excluding carboxylic acids is 1. The van der Waals surface area contributed by atoms with E-state index < -0.39 is 11.3 Å². The van der Waals surface area contributed by atoms with Gasteiger partial charge in [-0.15, -0.1) is 0 Å². The Kier molecular flexibility index (Phi) is 4.01. The molecule has 0 radical (unpaired) electrons. The SMILES string of the molecule is CC(C)(C)OC(=O)N1C[C@@H](CON)OC1(C)C. The summed E-state index contributed by atoms with van der Waals surface area (Å²) in [5.74, 6) is 5.01. The van der Waals surface area contributed by atoms with Gasteiger partial charge >= 0.3 is 6.09 Å². The smallest absolute Gasteiger partial charge is 0.412 e. The lowest BCUT2D eigenvalue weighted by atomic mass is 10.2. The summed E-state index contributed by atoms with van der Waals surface area (Å²) in [5, 5.41) is 0. The van der Waals surface area contributed by atoms with Crippen molar-refractivity contribution in [2.24, 2.45) is 5.90 Å². The van der Waals surface area contributed by atoms with Crippen LogP contribution in [0.1, 0.15) is 34.6 Å². The van der Waals surface area contributed by atoms with Crippen LogP contribution in [0.5, 0.6) is 0 Å².